The smallest absolute Gasteiger partial charge is 0.120 e. The Kier molecular flexibility index (Phi) is 4.70. The van der Waals surface area contributed by atoms with Gasteiger partial charge in [-0.05, 0) is 24.6 Å². The summed E-state index contributed by atoms with van der Waals surface area (Å²) < 4.78 is 5.44. The molecule has 1 aromatic rings. The first-order valence-electron chi connectivity index (χ1n) is 4.35. The van der Waals surface area contributed by atoms with Crippen LogP contribution in [-0.2, 0) is 0 Å². The van der Waals surface area contributed by atoms with Crippen molar-refractivity contribution in [2.24, 2.45) is 5.73 Å². The van der Waals surface area contributed by atoms with Crippen LogP contribution in [0.5, 0.6) is 5.75 Å². The van der Waals surface area contributed by atoms with Crippen LogP contribution in [-0.4, -0.2) is 11.6 Å². The molecule has 0 saturated heterocycles. The van der Waals surface area contributed by atoms with Gasteiger partial charge in [0, 0.05) is 11.4 Å². The van der Waals surface area contributed by atoms with Crippen LogP contribution in [0.2, 0.25) is 5.02 Å². The molecule has 0 heterocycles. The van der Waals surface area contributed by atoms with Crippen molar-refractivity contribution in [3.05, 3.63) is 29.3 Å². The van der Waals surface area contributed by atoms with Gasteiger partial charge in [-0.1, -0.05) is 29.9 Å². The summed E-state index contributed by atoms with van der Waals surface area (Å²) in [6.07, 6.45) is 1.55. The number of ether oxygens (including phenoxy) is 1. The quantitative estimate of drug-likeness (QED) is 0.623. The number of hydrogen-bond donors (Lipinski definition) is 1. The molecule has 0 saturated carbocycles. The largest absolute Gasteiger partial charge is 0.494 e. The number of benzene rings is 1. The Bertz CT molecular complexity index is 317. The molecule has 2 nitrogen and oxygen atoms in total. The van der Waals surface area contributed by atoms with Crippen LogP contribution in [0, 0.1) is 0 Å². The maximum Gasteiger partial charge on any atom is 0.120 e. The first kappa shape index (κ1) is 11.3. The Labute approximate surface area is 94.0 Å². The average molecular weight is 230 g/mol. The summed E-state index contributed by atoms with van der Waals surface area (Å²) in [7, 11) is 0. The molecule has 4 heteroatoms. The lowest BCUT2D eigenvalue weighted by atomic mass is 10.3. The van der Waals surface area contributed by atoms with Gasteiger partial charge in [-0.3, -0.25) is 0 Å². The molecular weight excluding hydrogens is 218 g/mol. The molecule has 0 radical (unpaired) electrons. The van der Waals surface area contributed by atoms with Gasteiger partial charge in [0.2, 0.25) is 0 Å². The summed E-state index contributed by atoms with van der Waals surface area (Å²) in [5.74, 6) is 0.778. The number of hydrogen-bond acceptors (Lipinski definition) is 2. The fourth-order valence-corrected chi connectivity index (χ4v) is 1.32. The van der Waals surface area contributed by atoms with Crippen LogP contribution >= 0.6 is 23.8 Å². The van der Waals surface area contributed by atoms with E-state index < -0.39 is 0 Å². The lowest BCUT2D eigenvalue weighted by molar-refractivity contribution is 0.314. The van der Waals surface area contributed by atoms with E-state index in [0.29, 0.717) is 16.6 Å². The highest BCUT2D eigenvalue weighted by atomic mass is 35.5. The zero-order valence-electron chi connectivity index (χ0n) is 7.70. The minimum atomic E-state index is 0.527. The average Bonchev–Trinajstić information content (AvgIpc) is 2.12. The van der Waals surface area contributed by atoms with Crippen LogP contribution in [0.4, 0.5) is 0 Å². The highest BCUT2D eigenvalue weighted by Gasteiger charge is 1.95. The zero-order valence-corrected chi connectivity index (χ0v) is 9.27. The van der Waals surface area contributed by atoms with Gasteiger partial charge in [0.05, 0.1) is 11.6 Å². The summed E-state index contributed by atoms with van der Waals surface area (Å²) in [5, 5.41) is 0.678. The van der Waals surface area contributed by atoms with E-state index in [2.05, 4.69) is 0 Å². The second-order valence-electron chi connectivity index (χ2n) is 2.88. The summed E-state index contributed by atoms with van der Waals surface area (Å²) in [5.41, 5.74) is 5.35. The number of rotatable bonds is 5. The first-order valence-corrected chi connectivity index (χ1v) is 5.14. The highest BCUT2D eigenvalue weighted by molar-refractivity contribution is 7.80. The van der Waals surface area contributed by atoms with Crippen molar-refractivity contribution in [1.82, 2.24) is 0 Å². The molecule has 2 N–H and O–H groups in total. The molecule has 0 fully saturated rings. The van der Waals surface area contributed by atoms with Gasteiger partial charge in [-0.25, -0.2) is 0 Å². The molecule has 0 amide bonds. The van der Waals surface area contributed by atoms with Gasteiger partial charge >= 0.3 is 0 Å². The molecular formula is C10H12ClNOS. The van der Waals surface area contributed by atoms with E-state index >= 15 is 0 Å². The van der Waals surface area contributed by atoms with Gasteiger partial charge in [-0.15, -0.1) is 0 Å². The van der Waals surface area contributed by atoms with Crippen molar-refractivity contribution in [1.29, 1.82) is 0 Å². The molecule has 1 rings (SSSR count). The van der Waals surface area contributed by atoms with Crippen molar-refractivity contribution in [2.75, 3.05) is 6.61 Å². The minimum absolute atomic E-state index is 0.527. The van der Waals surface area contributed by atoms with E-state index in [-0.39, 0.29) is 0 Å². The van der Waals surface area contributed by atoms with E-state index in [0.717, 1.165) is 18.6 Å². The lowest BCUT2D eigenvalue weighted by Crippen LogP contribution is -2.09. The molecule has 0 atom stereocenters. The fourth-order valence-electron chi connectivity index (χ4n) is 0.993. The minimum Gasteiger partial charge on any atom is -0.494 e. The molecule has 0 spiro atoms. The standard InChI is InChI=1S/C10H12ClNOS/c11-8-3-1-4-9(7-8)13-6-2-5-10(12)14/h1,3-4,7H,2,5-6H2,(H2,12,14). The lowest BCUT2D eigenvalue weighted by Gasteiger charge is -2.05. The number of thiocarbonyl (C=S) groups is 1. The van der Waals surface area contributed by atoms with E-state index in [1.807, 2.05) is 18.2 Å². The maximum atomic E-state index is 5.79. The van der Waals surface area contributed by atoms with Crippen molar-refractivity contribution in [3.63, 3.8) is 0 Å². The van der Waals surface area contributed by atoms with Crippen LogP contribution < -0.4 is 10.5 Å². The topological polar surface area (TPSA) is 35.2 Å². The predicted molar refractivity (Wildman–Crippen MR) is 63.0 cm³/mol. The highest BCUT2D eigenvalue weighted by Crippen LogP contribution is 2.17. The molecule has 0 aliphatic carbocycles. The number of halogens is 1. The first-order chi connectivity index (χ1) is 6.68. The molecule has 76 valence electrons. The van der Waals surface area contributed by atoms with E-state index in [1.165, 1.54) is 0 Å². The molecule has 0 aliphatic heterocycles. The second-order valence-corrected chi connectivity index (χ2v) is 3.84. The van der Waals surface area contributed by atoms with Gasteiger partial charge < -0.3 is 10.5 Å². The zero-order chi connectivity index (χ0) is 10.4. The van der Waals surface area contributed by atoms with Gasteiger partial charge in [0.15, 0.2) is 0 Å². The van der Waals surface area contributed by atoms with E-state index in [4.69, 9.17) is 34.3 Å². The fraction of sp³-hybridized carbons (Fsp3) is 0.300. The Morgan fingerprint density at radius 2 is 2.29 bits per heavy atom. The molecule has 0 aromatic heterocycles. The molecule has 0 bridgehead atoms. The monoisotopic (exact) mass is 229 g/mol. The SMILES string of the molecule is NC(=S)CCCOc1cccc(Cl)c1. The van der Waals surface area contributed by atoms with E-state index in [1.54, 1.807) is 6.07 Å². The van der Waals surface area contributed by atoms with Gasteiger partial charge in [0.1, 0.15) is 5.75 Å². The van der Waals surface area contributed by atoms with Crippen molar-refractivity contribution in [3.8, 4) is 5.75 Å². The molecule has 14 heavy (non-hydrogen) atoms. The third-order valence-corrected chi connectivity index (χ3v) is 2.07. The summed E-state index contributed by atoms with van der Waals surface area (Å²) >= 11 is 10.5. The second kappa shape index (κ2) is 5.83. The van der Waals surface area contributed by atoms with Crippen LogP contribution in [0.1, 0.15) is 12.8 Å². The van der Waals surface area contributed by atoms with E-state index in [9.17, 15) is 0 Å². The number of nitrogens with two attached hydrogens (primary N) is 1. The summed E-state index contributed by atoms with van der Waals surface area (Å²) in [6.45, 7) is 0.609. The Hall–Kier alpha value is -0.800. The summed E-state index contributed by atoms with van der Waals surface area (Å²) in [6, 6.07) is 7.31. The Morgan fingerprint density at radius 3 is 2.93 bits per heavy atom. The van der Waals surface area contributed by atoms with Crippen LogP contribution in [0.3, 0.4) is 0 Å². The molecule has 1 aromatic carbocycles. The van der Waals surface area contributed by atoms with Crippen LogP contribution in [0.15, 0.2) is 24.3 Å². The summed E-state index contributed by atoms with van der Waals surface area (Å²) in [4.78, 5) is 0.527. The van der Waals surface area contributed by atoms with Crippen molar-refractivity contribution >= 4 is 28.8 Å². The predicted octanol–water partition coefficient (Wildman–Crippen LogP) is 2.79. The molecule has 0 unspecified atom stereocenters. The normalized spacial score (nSPS) is 9.79. The van der Waals surface area contributed by atoms with Gasteiger partial charge in [-0.2, -0.15) is 0 Å². The third-order valence-electron chi connectivity index (χ3n) is 1.63. The van der Waals surface area contributed by atoms with Gasteiger partial charge in [0.25, 0.3) is 0 Å². The van der Waals surface area contributed by atoms with Crippen molar-refractivity contribution in [2.45, 2.75) is 12.8 Å². The Morgan fingerprint density at radius 1 is 1.50 bits per heavy atom. The van der Waals surface area contributed by atoms with Crippen LogP contribution in [0.25, 0.3) is 0 Å². The third kappa shape index (κ3) is 4.44. The Balaban J connectivity index is 2.28. The maximum absolute atomic E-state index is 5.79. The van der Waals surface area contributed by atoms with Crippen molar-refractivity contribution < 1.29 is 4.74 Å². The molecule has 0 aliphatic rings.